The first-order valence-corrected chi connectivity index (χ1v) is 9.29. The van der Waals surface area contributed by atoms with Crippen molar-refractivity contribution in [2.24, 2.45) is 0 Å². The van der Waals surface area contributed by atoms with Gasteiger partial charge in [0.25, 0.3) is 0 Å². The van der Waals surface area contributed by atoms with Gasteiger partial charge in [-0.3, -0.25) is 0 Å². The van der Waals surface area contributed by atoms with E-state index in [1.807, 2.05) is 18.2 Å². The van der Waals surface area contributed by atoms with Crippen LogP contribution in [0.3, 0.4) is 0 Å². The predicted octanol–water partition coefficient (Wildman–Crippen LogP) is 3.10. The minimum absolute atomic E-state index is 0.175. The molecule has 0 amide bonds. The molecular weight excluding hydrogens is 390 g/mol. The lowest BCUT2D eigenvalue weighted by Gasteiger charge is -2.30. The monoisotopic (exact) mass is 413 g/mol. The van der Waals surface area contributed by atoms with Crippen molar-refractivity contribution >= 4 is 11.7 Å². The van der Waals surface area contributed by atoms with E-state index in [0.29, 0.717) is 40.0 Å². The molecule has 0 aromatic heterocycles. The molecule has 4 rings (SSSR count). The summed E-state index contributed by atoms with van der Waals surface area (Å²) in [7, 11) is 7.82. The summed E-state index contributed by atoms with van der Waals surface area (Å²) in [6.07, 6.45) is 0. The Morgan fingerprint density at radius 1 is 0.867 bits per heavy atom. The molecule has 2 heterocycles. The Bertz CT molecular complexity index is 1020. The summed E-state index contributed by atoms with van der Waals surface area (Å²) in [6.45, 7) is 0.175. The molecule has 0 saturated carbocycles. The molecule has 0 fully saturated rings. The Hall–Kier alpha value is -3.55. The van der Waals surface area contributed by atoms with Gasteiger partial charge in [-0.1, -0.05) is 0 Å². The maximum Gasteiger partial charge on any atom is 0.337 e. The molecule has 2 aliphatic heterocycles. The number of esters is 1. The van der Waals surface area contributed by atoms with Crippen LogP contribution in [0.4, 0.5) is 5.69 Å². The number of cyclic esters (lactones) is 1. The molecule has 2 aromatic carbocycles. The van der Waals surface area contributed by atoms with Gasteiger partial charge in [-0.25, -0.2) is 4.79 Å². The van der Waals surface area contributed by atoms with Gasteiger partial charge in [0, 0.05) is 29.3 Å². The number of nitrogens with one attached hydrogen (secondary N) is 1. The number of anilines is 1. The fraction of sp³-hybridized carbons (Fsp3) is 0.318. The molecule has 0 aliphatic carbocycles. The highest BCUT2D eigenvalue weighted by molar-refractivity contribution is 5.98. The molecule has 8 heteroatoms. The summed E-state index contributed by atoms with van der Waals surface area (Å²) < 4.78 is 32.9. The molecule has 2 aromatic rings. The van der Waals surface area contributed by atoms with E-state index in [1.165, 1.54) is 0 Å². The molecule has 1 N–H and O–H groups in total. The highest BCUT2D eigenvalue weighted by Gasteiger charge is 2.41. The molecule has 158 valence electrons. The van der Waals surface area contributed by atoms with Crippen molar-refractivity contribution in [1.29, 1.82) is 0 Å². The zero-order valence-electron chi connectivity index (χ0n) is 17.5. The molecule has 2 aliphatic rings. The van der Waals surface area contributed by atoms with Crippen LogP contribution in [0.2, 0.25) is 0 Å². The zero-order valence-corrected chi connectivity index (χ0v) is 17.5. The fourth-order valence-corrected chi connectivity index (χ4v) is 4.01. The fourth-order valence-electron chi connectivity index (χ4n) is 4.01. The van der Waals surface area contributed by atoms with Crippen molar-refractivity contribution in [3.63, 3.8) is 0 Å². The normalized spacial score (nSPS) is 16.8. The molecule has 0 radical (unpaired) electrons. The Labute approximate surface area is 174 Å². The van der Waals surface area contributed by atoms with Crippen molar-refractivity contribution in [3.8, 4) is 28.7 Å². The van der Waals surface area contributed by atoms with Crippen LogP contribution in [0.5, 0.6) is 28.7 Å². The summed E-state index contributed by atoms with van der Waals surface area (Å²) >= 11 is 0. The summed E-state index contributed by atoms with van der Waals surface area (Å²) in [5.74, 6) is 1.85. The number of hydrogen-bond donors (Lipinski definition) is 1. The Balaban J connectivity index is 2.00. The molecule has 0 spiro atoms. The second-order valence-electron chi connectivity index (χ2n) is 6.78. The lowest BCUT2D eigenvalue weighted by Crippen LogP contribution is -2.21. The van der Waals surface area contributed by atoms with E-state index in [0.717, 1.165) is 16.8 Å². The number of carbonyl (C=O) groups is 1. The Morgan fingerprint density at radius 3 is 2.10 bits per heavy atom. The molecule has 1 atom stereocenters. The van der Waals surface area contributed by atoms with Crippen molar-refractivity contribution in [3.05, 3.63) is 46.7 Å². The van der Waals surface area contributed by atoms with Gasteiger partial charge in [-0.15, -0.1) is 0 Å². The van der Waals surface area contributed by atoms with Gasteiger partial charge in [-0.05, 0) is 17.7 Å². The zero-order chi connectivity index (χ0) is 21.4. The van der Waals surface area contributed by atoms with Crippen molar-refractivity contribution in [1.82, 2.24) is 0 Å². The molecule has 0 unspecified atom stereocenters. The van der Waals surface area contributed by atoms with Gasteiger partial charge in [0.05, 0.1) is 46.8 Å². The summed E-state index contributed by atoms with van der Waals surface area (Å²) in [5, 5.41) is 3.30. The van der Waals surface area contributed by atoms with Crippen LogP contribution < -0.4 is 29.0 Å². The number of rotatable bonds is 6. The third-order valence-corrected chi connectivity index (χ3v) is 5.35. The number of fused-ring (bicyclic) bond motifs is 1. The number of carbonyl (C=O) groups excluding carboxylic acids is 1. The van der Waals surface area contributed by atoms with Gasteiger partial charge in [-0.2, -0.15) is 0 Å². The molecular formula is C22H23NO7. The van der Waals surface area contributed by atoms with E-state index >= 15 is 0 Å². The second-order valence-corrected chi connectivity index (χ2v) is 6.78. The summed E-state index contributed by atoms with van der Waals surface area (Å²) in [5.41, 5.74) is 3.59. The standard InChI is InChI=1S/C22H23NO7/c1-25-12-8-13-19(15(9-12)26-2)18(20-14(23-13)10-30-22(20)24)11-6-16(27-3)21(29-5)17(7-11)28-4/h6-9,18,23H,10H2,1-5H3/t18-/m1/s1. The smallest absolute Gasteiger partial charge is 0.337 e. The minimum Gasteiger partial charge on any atom is -0.497 e. The van der Waals surface area contributed by atoms with Crippen LogP contribution in [-0.2, 0) is 9.53 Å². The van der Waals surface area contributed by atoms with Gasteiger partial charge in [0.15, 0.2) is 11.5 Å². The Kier molecular flexibility index (Phi) is 5.07. The molecule has 8 nitrogen and oxygen atoms in total. The largest absolute Gasteiger partial charge is 0.497 e. The van der Waals surface area contributed by atoms with E-state index in [9.17, 15) is 4.79 Å². The number of hydrogen-bond acceptors (Lipinski definition) is 8. The van der Waals surface area contributed by atoms with Crippen molar-refractivity contribution in [2.75, 3.05) is 47.5 Å². The van der Waals surface area contributed by atoms with Gasteiger partial charge in [0.1, 0.15) is 18.1 Å². The van der Waals surface area contributed by atoms with E-state index in [4.69, 9.17) is 28.4 Å². The third kappa shape index (κ3) is 2.96. The minimum atomic E-state index is -0.458. The van der Waals surface area contributed by atoms with E-state index in [1.54, 1.807) is 41.6 Å². The number of benzene rings is 2. The average molecular weight is 413 g/mol. The maximum atomic E-state index is 12.7. The number of methoxy groups -OCH3 is 5. The first-order valence-electron chi connectivity index (χ1n) is 9.29. The summed E-state index contributed by atoms with van der Waals surface area (Å²) in [4.78, 5) is 12.7. The van der Waals surface area contributed by atoms with Gasteiger partial charge < -0.3 is 33.7 Å². The lowest BCUT2D eigenvalue weighted by molar-refractivity contribution is -0.136. The first kappa shape index (κ1) is 19.8. The molecule has 0 saturated heterocycles. The molecule has 30 heavy (non-hydrogen) atoms. The van der Waals surface area contributed by atoms with Crippen LogP contribution in [0.15, 0.2) is 35.5 Å². The van der Waals surface area contributed by atoms with Crippen LogP contribution in [0.25, 0.3) is 0 Å². The topological polar surface area (TPSA) is 84.5 Å². The molecule has 0 bridgehead atoms. The first-order chi connectivity index (χ1) is 14.6. The second kappa shape index (κ2) is 7.70. The maximum absolute atomic E-state index is 12.7. The quantitative estimate of drug-likeness (QED) is 0.724. The van der Waals surface area contributed by atoms with Crippen molar-refractivity contribution in [2.45, 2.75) is 5.92 Å². The van der Waals surface area contributed by atoms with Crippen molar-refractivity contribution < 1.29 is 33.2 Å². The highest BCUT2D eigenvalue weighted by atomic mass is 16.5. The average Bonchev–Trinajstić information content (AvgIpc) is 3.15. The van der Waals surface area contributed by atoms with Crippen LogP contribution in [0, 0.1) is 0 Å². The third-order valence-electron chi connectivity index (χ3n) is 5.35. The number of ether oxygens (including phenoxy) is 6. The van der Waals surface area contributed by atoms with E-state index in [2.05, 4.69) is 5.32 Å². The van der Waals surface area contributed by atoms with Crippen LogP contribution in [0.1, 0.15) is 17.0 Å². The predicted molar refractivity (Wildman–Crippen MR) is 109 cm³/mol. The van der Waals surface area contributed by atoms with Gasteiger partial charge >= 0.3 is 5.97 Å². The SMILES string of the molecule is COc1cc2c(c(OC)c1)[C@@H](c1cc(OC)c(OC)c(OC)c1)C1=C(COC1=O)N2. The highest BCUT2D eigenvalue weighted by Crippen LogP contribution is 2.51. The van der Waals surface area contributed by atoms with Gasteiger partial charge in [0.2, 0.25) is 5.75 Å². The van der Waals surface area contributed by atoms with E-state index < -0.39 is 5.92 Å². The Morgan fingerprint density at radius 2 is 1.53 bits per heavy atom. The lowest BCUT2D eigenvalue weighted by atomic mass is 9.80. The van der Waals surface area contributed by atoms with Crippen LogP contribution >= 0.6 is 0 Å². The van der Waals surface area contributed by atoms with E-state index in [-0.39, 0.29) is 12.6 Å². The van der Waals surface area contributed by atoms with Crippen LogP contribution in [-0.4, -0.2) is 48.1 Å². The summed E-state index contributed by atoms with van der Waals surface area (Å²) in [6, 6.07) is 7.33.